The van der Waals surface area contributed by atoms with Crippen LogP contribution in [0.2, 0.25) is 0 Å². The van der Waals surface area contributed by atoms with Gasteiger partial charge in [-0.3, -0.25) is 10.1 Å². The predicted molar refractivity (Wildman–Crippen MR) is 86.6 cm³/mol. The van der Waals surface area contributed by atoms with E-state index in [1.165, 1.54) is 12.1 Å². The second-order valence-corrected chi connectivity index (χ2v) is 6.59. The van der Waals surface area contributed by atoms with Gasteiger partial charge in [0.25, 0.3) is 5.69 Å². The lowest BCUT2D eigenvalue weighted by Crippen LogP contribution is -2.12. The fourth-order valence-corrected chi connectivity index (χ4v) is 2.27. The summed E-state index contributed by atoms with van der Waals surface area (Å²) in [5, 5.41) is 10.6. The first-order chi connectivity index (χ1) is 9.79. The molecular weight excluding hydrogens is 286 g/mol. The van der Waals surface area contributed by atoms with Gasteiger partial charge < -0.3 is 0 Å². The van der Waals surface area contributed by atoms with E-state index in [1.54, 1.807) is 12.1 Å². The Kier molecular flexibility index (Phi) is 4.33. The summed E-state index contributed by atoms with van der Waals surface area (Å²) in [6, 6.07) is 14.6. The van der Waals surface area contributed by atoms with Gasteiger partial charge in [-0.1, -0.05) is 45.0 Å². The van der Waals surface area contributed by atoms with Crippen LogP contribution >= 0.6 is 11.6 Å². The molecule has 2 aromatic carbocycles. The number of nitro benzene ring substituents is 1. The first-order valence-electron chi connectivity index (χ1n) is 6.78. The lowest BCUT2D eigenvalue weighted by Gasteiger charge is -2.25. The first kappa shape index (κ1) is 15.5. The summed E-state index contributed by atoms with van der Waals surface area (Å²) in [7, 11) is 0. The van der Waals surface area contributed by atoms with E-state index in [4.69, 9.17) is 11.6 Å². The van der Waals surface area contributed by atoms with Gasteiger partial charge in [0, 0.05) is 12.1 Å². The summed E-state index contributed by atoms with van der Waals surface area (Å²) in [6.45, 7) is 6.32. The standard InChI is InChI=1S/C17H18ClNO2/c1-17(2,3)16(18)14-6-4-12(5-7-14)13-8-10-15(11-9-13)19(20)21/h4-11,16H,1-3H3. The number of benzene rings is 2. The molecule has 3 nitrogen and oxygen atoms in total. The van der Waals surface area contributed by atoms with Crippen molar-refractivity contribution in [3.63, 3.8) is 0 Å². The number of rotatable bonds is 3. The highest BCUT2D eigenvalue weighted by Crippen LogP contribution is 2.38. The van der Waals surface area contributed by atoms with Crippen molar-refractivity contribution in [1.82, 2.24) is 0 Å². The third-order valence-corrected chi connectivity index (χ3v) is 4.28. The van der Waals surface area contributed by atoms with E-state index in [9.17, 15) is 10.1 Å². The molecule has 1 unspecified atom stereocenters. The molecule has 0 aliphatic heterocycles. The molecule has 1 atom stereocenters. The molecule has 0 bridgehead atoms. The van der Waals surface area contributed by atoms with Crippen molar-refractivity contribution < 1.29 is 4.92 Å². The van der Waals surface area contributed by atoms with Gasteiger partial charge >= 0.3 is 0 Å². The summed E-state index contributed by atoms with van der Waals surface area (Å²) < 4.78 is 0. The SMILES string of the molecule is CC(C)(C)C(Cl)c1ccc(-c2ccc([N+](=O)[O-])cc2)cc1. The van der Waals surface area contributed by atoms with E-state index in [0.717, 1.165) is 16.7 Å². The smallest absolute Gasteiger partial charge is 0.258 e. The van der Waals surface area contributed by atoms with E-state index >= 15 is 0 Å². The maximum absolute atomic E-state index is 10.7. The second-order valence-electron chi connectivity index (χ2n) is 6.15. The molecule has 0 aromatic heterocycles. The fraction of sp³-hybridized carbons (Fsp3) is 0.294. The average molecular weight is 304 g/mol. The van der Waals surface area contributed by atoms with Crippen LogP contribution in [-0.2, 0) is 0 Å². The number of nitrogens with zero attached hydrogens (tertiary/aromatic N) is 1. The third-order valence-electron chi connectivity index (χ3n) is 3.38. The van der Waals surface area contributed by atoms with E-state index < -0.39 is 4.92 Å². The summed E-state index contributed by atoms with van der Waals surface area (Å²) in [4.78, 5) is 10.3. The highest BCUT2D eigenvalue weighted by molar-refractivity contribution is 6.21. The molecule has 0 fully saturated rings. The molecule has 0 amide bonds. The van der Waals surface area contributed by atoms with Crippen molar-refractivity contribution in [3.05, 3.63) is 64.2 Å². The van der Waals surface area contributed by atoms with Gasteiger partial charge in [-0.25, -0.2) is 0 Å². The first-order valence-corrected chi connectivity index (χ1v) is 7.21. The Hall–Kier alpha value is -1.87. The van der Waals surface area contributed by atoms with E-state index in [0.29, 0.717) is 0 Å². The van der Waals surface area contributed by atoms with Gasteiger partial charge in [0.15, 0.2) is 0 Å². The minimum absolute atomic E-state index is 0.00354. The van der Waals surface area contributed by atoms with Crippen LogP contribution in [0, 0.1) is 15.5 Å². The third kappa shape index (κ3) is 3.61. The highest BCUT2D eigenvalue weighted by Gasteiger charge is 2.23. The topological polar surface area (TPSA) is 43.1 Å². The van der Waals surface area contributed by atoms with Crippen molar-refractivity contribution in [1.29, 1.82) is 0 Å². The molecule has 0 heterocycles. The number of nitro groups is 1. The molecule has 0 saturated carbocycles. The van der Waals surface area contributed by atoms with E-state index in [1.807, 2.05) is 24.3 Å². The van der Waals surface area contributed by atoms with Gasteiger partial charge in [-0.05, 0) is 34.2 Å². The number of hydrogen-bond acceptors (Lipinski definition) is 2. The molecule has 0 spiro atoms. The number of alkyl halides is 1. The quantitative estimate of drug-likeness (QED) is 0.421. The molecule has 0 N–H and O–H groups in total. The normalized spacial score (nSPS) is 13.0. The Morgan fingerprint density at radius 3 is 1.76 bits per heavy atom. The largest absolute Gasteiger partial charge is 0.269 e. The highest BCUT2D eigenvalue weighted by atomic mass is 35.5. The Balaban J connectivity index is 2.24. The lowest BCUT2D eigenvalue weighted by atomic mass is 9.87. The van der Waals surface area contributed by atoms with Crippen molar-refractivity contribution in [2.24, 2.45) is 5.41 Å². The van der Waals surface area contributed by atoms with Crippen LogP contribution in [0.5, 0.6) is 0 Å². The summed E-state index contributed by atoms with van der Waals surface area (Å²) in [5.74, 6) is 0. The van der Waals surface area contributed by atoms with Crippen molar-refractivity contribution in [2.45, 2.75) is 26.1 Å². The Morgan fingerprint density at radius 1 is 0.952 bits per heavy atom. The van der Waals surface area contributed by atoms with Crippen LogP contribution in [0.15, 0.2) is 48.5 Å². The summed E-state index contributed by atoms with van der Waals surface area (Å²) >= 11 is 6.46. The van der Waals surface area contributed by atoms with E-state index in [-0.39, 0.29) is 16.5 Å². The predicted octanol–water partition coefficient (Wildman–Crippen LogP) is 5.59. The van der Waals surface area contributed by atoms with Gasteiger partial charge in [0.1, 0.15) is 0 Å². The zero-order valence-corrected chi connectivity index (χ0v) is 13.1. The molecular formula is C17H18ClNO2. The Morgan fingerprint density at radius 2 is 1.38 bits per heavy atom. The molecule has 2 aromatic rings. The van der Waals surface area contributed by atoms with Crippen LogP contribution in [0.4, 0.5) is 5.69 Å². The molecule has 2 rings (SSSR count). The Bertz CT molecular complexity index is 627. The summed E-state index contributed by atoms with van der Waals surface area (Å²) in [6.07, 6.45) is 0. The monoisotopic (exact) mass is 303 g/mol. The number of hydrogen-bond donors (Lipinski definition) is 0. The fourth-order valence-electron chi connectivity index (χ4n) is 2.12. The van der Waals surface area contributed by atoms with Gasteiger partial charge in [-0.15, -0.1) is 11.6 Å². The molecule has 0 aliphatic carbocycles. The van der Waals surface area contributed by atoms with Crippen molar-refractivity contribution in [2.75, 3.05) is 0 Å². The van der Waals surface area contributed by atoms with Crippen LogP contribution in [-0.4, -0.2) is 4.92 Å². The molecule has 0 aliphatic rings. The van der Waals surface area contributed by atoms with Crippen LogP contribution < -0.4 is 0 Å². The van der Waals surface area contributed by atoms with Crippen LogP contribution in [0.3, 0.4) is 0 Å². The van der Waals surface area contributed by atoms with E-state index in [2.05, 4.69) is 20.8 Å². The minimum Gasteiger partial charge on any atom is -0.258 e. The molecule has 4 heteroatoms. The Labute approximate surface area is 129 Å². The van der Waals surface area contributed by atoms with Crippen molar-refractivity contribution >= 4 is 17.3 Å². The van der Waals surface area contributed by atoms with Crippen molar-refractivity contribution in [3.8, 4) is 11.1 Å². The van der Waals surface area contributed by atoms with Gasteiger partial charge in [0.05, 0.1) is 10.3 Å². The minimum atomic E-state index is -0.395. The van der Waals surface area contributed by atoms with Crippen LogP contribution in [0.1, 0.15) is 31.7 Å². The maximum atomic E-state index is 10.7. The number of halogens is 1. The zero-order chi connectivity index (χ0) is 15.6. The molecule has 110 valence electrons. The summed E-state index contributed by atoms with van der Waals surface area (Å²) in [5.41, 5.74) is 3.15. The van der Waals surface area contributed by atoms with Gasteiger partial charge in [-0.2, -0.15) is 0 Å². The lowest BCUT2D eigenvalue weighted by molar-refractivity contribution is -0.384. The molecule has 0 radical (unpaired) electrons. The molecule has 21 heavy (non-hydrogen) atoms. The zero-order valence-electron chi connectivity index (χ0n) is 12.3. The van der Waals surface area contributed by atoms with Gasteiger partial charge in [0.2, 0.25) is 0 Å². The molecule has 0 saturated heterocycles. The average Bonchev–Trinajstić information content (AvgIpc) is 2.46. The van der Waals surface area contributed by atoms with Crippen LogP contribution in [0.25, 0.3) is 11.1 Å². The number of non-ortho nitro benzene ring substituents is 1. The maximum Gasteiger partial charge on any atom is 0.269 e. The second kappa shape index (κ2) is 5.86.